The molecule has 13 heavy (non-hydrogen) atoms. The fourth-order valence-electron chi connectivity index (χ4n) is 1.47. The highest BCUT2D eigenvalue weighted by atomic mass is 16.5. The molecule has 0 aromatic carbocycles. The number of aliphatic hydroxyl groups is 1. The van der Waals surface area contributed by atoms with Crippen LogP contribution in [-0.4, -0.2) is 50.2 Å². The van der Waals surface area contributed by atoms with E-state index in [1.54, 1.807) is 14.0 Å². The van der Waals surface area contributed by atoms with Crippen LogP contribution in [0, 0.1) is 0 Å². The van der Waals surface area contributed by atoms with E-state index in [2.05, 4.69) is 5.32 Å². The Morgan fingerprint density at radius 3 is 2.92 bits per heavy atom. The maximum Gasteiger partial charge on any atom is 0.106 e. The van der Waals surface area contributed by atoms with Gasteiger partial charge in [0.15, 0.2) is 0 Å². The van der Waals surface area contributed by atoms with Gasteiger partial charge in [-0.25, -0.2) is 0 Å². The molecule has 1 aliphatic heterocycles. The molecular weight excluding hydrogens is 170 g/mol. The summed E-state index contributed by atoms with van der Waals surface area (Å²) in [7, 11) is 1.71. The first kappa shape index (κ1) is 10.9. The Balaban J connectivity index is 2.23. The summed E-state index contributed by atoms with van der Waals surface area (Å²) >= 11 is 0. The summed E-state index contributed by atoms with van der Waals surface area (Å²) in [5, 5.41) is 12.2. The maximum atomic E-state index is 9.05. The number of aliphatic hydroxyl groups excluding tert-OH is 1. The maximum absolute atomic E-state index is 9.05. The molecule has 0 radical (unpaired) electrons. The van der Waals surface area contributed by atoms with Gasteiger partial charge < -0.3 is 19.9 Å². The molecule has 0 aliphatic carbocycles. The fourth-order valence-corrected chi connectivity index (χ4v) is 1.47. The van der Waals surface area contributed by atoms with E-state index in [0.29, 0.717) is 13.2 Å². The van der Waals surface area contributed by atoms with Gasteiger partial charge >= 0.3 is 0 Å². The van der Waals surface area contributed by atoms with Crippen molar-refractivity contribution < 1.29 is 14.6 Å². The Labute approximate surface area is 79.2 Å². The zero-order chi connectivity index (χ0) is 9.73. The van der Waals surface area contributed by atoms with Crippen LogP contribution in [0.3, 0.4) is 0 Å². The molecule has 1 aliphatic rings. The van der Waals surface area contributed by atoms with E-state index in [1.165, 1.54) is 0 Å². The van der Waals surface area contributed by atoms with E-state index in [0.717, 1.165) is 19.6 Å². The number of hydrogen-bond acceptors (Lipinski definition) is 4. The van der Waals surface area contributed by atoms with E-state index in [9.17, 15) is 0 Å². The lowest BCUT2D eigenvalue weighted by molar-refractivity contribution is -0.0170. The van der Waals surface area contributed by atoms with Gasteiger partial charge in [0.25, 0.3) is 0 Å². The van der Waals surface area contributed by atoms with Gasteiger partial charge in [0.2, 0.25) is 0 Å². The zero-order valence-electron chi connectivity index (χ0n) is 8.38. The zero-order valence-corrected chi connectivity index (χ0v) is 8.38. The monoisotopic (exact) mass is 189 g/mol. The van der Waals surface area contributed by atoms with Crippen LogP contribution in [0.5, 0.6) is 0 Å². The molecule has 1 heterocycles. The second kappa shape index (κ2) is 4.91. The average Bonchev–Trinajstić information content (AvgIpc) is 2.53. The molecule has 2 unspecified atom stereocenters. The van der Waals surface area contributed by atoms with Gasteiger partial charge in [-0.2, -0.15) is 0 Å². The Morgan fingerprint density at radius 1 is 1.69 bits per heavy atom. The molecule has 0 aromatic rings. The molecule has 78 valence electrons. The molecule has 1 saturated heterocycles. The second-order valence-corrected chi connectivity index (χ2v) is 3.67. The average molecular weight is 189 g/mol. The van der Waals surface area contributed by atoms with Crippen molar-refractivity contribution in [3.63, 3.8) is 0 Å². The summed E-state index contributed by atoms with van der Waals surface area (Å²) in [6.45, 7) is 4.53. The first-order chi connectivity index (χ1) is 6.18. The lowest BCUT2D eigenvalue weighted by Gasteiger charge is -2.26. The number of ether oxygens (including phenoxy) is 2. The Hall–Kier alpha value is -0.160. The molecule has 0 aromatic heterocycles. The van der Waals surface area contributed by atoms with E-state index in [-0.39, 0.29) is 11.7 Å². The topological polar surface area (TPSA) is 50.7 Å². The van der Waals surface area contributed by atoms with Crippen molar-refractivity contribution in [2.24, 2.45) is 0 Å². The summed E-state index contributed by atoms with van der Waals surface area (Å²) in [5.74, 6) is 0. The first-order valence-electron chi connectivity index (χ1n) is 4.70. The molecule has 2 atom stereocenters. The predicted molar refractivity (Wildman–Crippen MR) is 49.7 cm³/mol. The first-order valence-corrected chi connectivity index (χ1v) is 4.70. The van der Waals surface area contributed by atoms with Gasteiger partial charge in [-0.05, 0) is 6.92 Å². The van der Waals surface area contributed by atoms with Crippen LogP contribution in [0.15, 0.2) is 0 Å². The second-order valence-electron chi connectivity index (χ2n) is 3.67. The van der Waals surface area contributed by atoms with Gasteiger partial charge in [-0.1, -0.05) is 0 Å². The van der Waals surface area contributed by atoms with E-state index < -0.39 is 0 Å². The number of hydrogen-bond donors (Lipinski definition) is 2. The summed E-state index contributed by atoms with van der Waals surface area (Å²) in [5.41, 5.74) is -0.172. The third-order valence-corrected chi connectivity index (χ3v) is 2.39. The van der Waals surface area contributed by atoms with Crippen LogP contribution in [0.1, 0.15) is 13.3 Å². The SMILES string of the molecule is COC1(CNCC(C)O)CCOC1. The molecule has 2 N–H and O–H groups in total. The predicted octanol–water partition coefficient (Wildman–Crippen LogP) is -0.238. The third kappa shape index (κ3) is 3.23. The van der Waals surface area contributed by atoms with Crippen LogP contribution >= 0.6 is 0 Å². The molecule has 1 rings (SSSR count). The van der Waals surface area contributed by atoms with Gasteiger partial charge in [-0.15, -0.1) is 0 Å². The van der Waals surface area contributed by atoms with Crippen LogP contribution in [0.25, 0.3) is 0 Å². The summed E-state index contributed by atoms with van der Waals surface area (Å²) in [6, 6.07) is 0. The summed E-state index contributed by atoms with van der Waals surface area (Å²) < 4.78 is 10.7. The van der Waals surface area contributed by atoms with Crippen molar-refractivity contribution in [1.29, 1.82) is 0 Å². The number of nitrogens with one attached hydrogen (secondary N) is 1. The molecule has 0 spiro atoms. The minimum Gasteiger partial charge on any atom is -0.392 e. The smallest absolute Gasteiger partial charge is 0.106 e. The van der Waals surface area contributed by atoms with Crippen LogP contribution in [0.2, 0.25) is 0 Å². The van der Waals surface area contributed by atoms with Crippen molar-refractivity contribution in [2.45, 2.75) is 25.0 Å². The number of methoxy groups -OCH3 is 1. The van der Waals surface area contributed by atoms with Gasteiger partial charge in [0.1, 0.15) is 5.60 Å². The Kier molecular flexibility index (Phi) is 4.12. The minimum absolute atomic E-state index is 0.172. The highest BCUT2D eigenvalue weighted by molar-refractivity contribution is 4.86. The van der Waals surface area contributed by atoms with E-state index in [4.69, 9.17) is 14.6 Å². The Bertz CT molecular complexity index is 144. The molecule has 0 bridgehead atoms. The van der Waals surface area contributed by atoms with Gasteiger partial charge in [-0.3, -0.25) is 0 Å². The molecule has 4 nitrogen and oxygen atoms in total. The molecule has 4 heteroatoms. The standard InChI is InChI=1S/C9H19NO3/c1-8(11)5-10-6-9(12-2)3-4-13-7-9/h8,10-11H,3-7H2,1-2H3. The largest absolute Gasteiger partial charge is 0.392 e. The normalized spacial score (nSPS) is 30.7. The fraction of sp³-hybridized carbons (Fsp3) is 1.00. The van der Waals surface area contributed by atoms with Crippen molar-refractivity contribution in [3.8, 4) is 0 Å². The Morgan fingerprint density at radius 2 is 2.46 bits per heavy atom. The minimum atomic E-state index is -0.309. The van der Waals surface area contributed by atoms with Crippen LogP contribution in [-0.2, 0) is 9.47 Å². The lowest BCUT2D eigenvalue weighted by Crippen LogP contribution is -2.44. The van der Waals surface area contributed by atoms with Crippen molar-refractivity contribution in [3.05, 3.63) is 0 Å². The molecule has 0 amide bonds. The van der Waals surface area contributed by atoms with Gasteiger partial charge in [0, 0.05) is 33.2 Å². The summed E-state index contributed by atoms with van der Waals surface area (Å²) in [6.07, 6.45) is 0.618. The van der Waals surface area contributed by atoms with Crippen LogP contribution in [0.4, 0.5) is 0 Å². The third-order valence-electron chi connectivity index (χ3n) is 2.39. The van der Waals surface area contributed by atoms with E-state index >= 15 is 0 Å². The molecule has 1 fully saturated rings. The van der Waals surface area contributed by atoms with Gasteiger partial charge in [0.05, 0.1) is 12.7 Å². The van der Waals surface area contributed by atoms with Crippen LogP contribution < -0.4 is 5.32 Å². The van der Waals surface area contributed by atoms with Crippen molar-refractivity contribution in [2.75, 3.05) is 33.4 Å². The highest BCUT2D eigenvalue weighted by Crippen LogP contribution is 2.21. The van der Waals surface area contributed by atoms with E-state index in [1.807, 2.05) is 0 Å². The molecular formula is C9H19NO3. The lowest BCUT2D eigenvalue weighted by atomic mass is 10.0. The summed E-state index contributed by atoms with van der Waals surface area (Å²) in [4.78, 5) is 0. The molecule has 0 saturated carbocycles. The number of rotatable bonds is 5. The van der Waals surface area contributed by atoms with Crippen molar-refractivity contribution >= 4 is 0 Å². The highest BCUT2D eigenvalue weighted by Gasteiger charge is 2.34. The van der Waals surface area contributed by atoms with Crippen molar-refractivity contribution in [1.82, 2.24) is 5.32 Å². The quantitative estimate of drug-likeness (QED) is 0.627.